The maximum Gasteiger partial charge on any atom is 0.263 e. The summed E-state index contributed by atoms with van der Waals surface area (Å²) in [6.45, 7) is 3.71. The summed E-state index contributed by atoms with van der Waals surface area (Å²) in [4.78, 5) is 33.8. The van der Waals surface area contributed by atoms with Gasteiger partial charge in [-0.05, 0) is 37.6 Å². The highest BCUT2D eigenvalue weighted by Crippen LogP contribution is 2.23. The first-order chi connectivity index (χ1) is 14.0. The number of carbonyl (C=O) groups excluding carboxylic acids is 1. The van der Waals surface area contributed by atoms with E-state index in [1.54, 1.807) is 31.3 Å². The third kappa shape index (κ3) is 3.29. The molecule has 0 aliphatic rings. The number of pyridine rings is 1. The van der Waals surface area contributed by atoms with Gasteiger partial charge in [-0.2, -0.15) is 0 Å². The second kappa shape index (κ2) is 7.31. The predicted molar refractivity (Wildman–Crippen MR) is 108 cm³/mol. The summed E-state index contributed by atoms with van der Waals surface area (Å²) in [5.74, 6) is -0.177. The molecule has 0 spiro atoms. The van der Waals surface area contributed by atoms with Gasteiger partial charge in [0.05, 0.1) is 40.2 Å². The Balaban J connectivity index is 1.75. The standard InChI is InChI=1S/C21H19N5O3/c1-12-17(10-29-25-12)19-8-18-16(9-23-19)21(28)26(11-24-18)13(2)14-5-4-6-15(7-14)20(27)22-3/h4-11,13H,1-3H3,(H,22,27). The molecule has 1 unspecified atom stereocenters. The monoisotopic (exact) mass is 389 g/mol. The first-order valence-electron chi connectivity index (χ1n) is 9.10. The van der Waals surface area contributed by atoms with Gasteiger partial charge in [0, 0.05) is 18.8 Å². The SMILES string of the molecule is CNC(=O)c1cccc(C(C)n2cnc3cc(-c4conc4C)ncc3c2=O)c1. The maximum absolute atomic E-state index is 13.1. The van der Waals surface area contributed by atoms with Gasteiger partial charge >= 0.3 is 0 Å². The molecule has 4 rings (SSSR count). The summed E-state index contributed by atoms with van der Waals surface area (Å²) in [6, 6.07) is 8.63. The zero-order valence-electron chi connectivity index (χ0n) is 16.2. The molecule has 0 fully saturated rings. The fourth-order valence-corrected chi connectivity index (χ4v) is 3.24. The Hall–Kier alpha value is -3.81. The minimum absolute atomic E-state index is 0.177. The first-order valence-corrected chi connectivity index (χ1v) is 9.10. The van der Waals surface area contributed by atoms with Crippen molar-refractivity contribution < 1.29 is 9.32 Å². The molecule has 0 saturated heterocycles. The van der Waals surface area contributed by atoms with Gasteiger partial charge in [-0.15, -0.1) is 0 Å². The number of amides is 1. The highest BCUT2D eigenvalue weighted by molar-refractivity contribution is 5.94. The van der Waals surface area contributed by atoms with Crippen LogP contribution in [0.4, 0.5) is 0 Å². The maximum atomic E-state index is 13.1. The Morgan fingerprint density at radius 2 is 2.07 bits per heavy atom. The largest absolute Gasteiger partial charge is 0.364 e. The fourth-order valence-electron chi connectivity index (χ4n) is 3.24. The fraction of sp³-hybridized carbons (Fsp3) is 0.190. The average molecular weight is 389 g/mol. The number of benzene rings is 1. The van der Waals surface area contributed by atoms with Crippen molar-refractivity contribution in [2.75, 3.05) is 7.05 Å². The van der Waals surface area contributed by atoms with E-state index in [1.807, 2.05) is 19.9 Å². The third-order valence-corrected chi connectivity index (χ3v) is 4.97. The van der Waals surface area contributed by atoms with Crippen molar-refractivity contribution in [3.05, 3.63) is 76.3 Å². The lowest BCUT2D eigenvalue weighted by atomic mass is 10.0. The molecule has 1 atom stereocenters. The molecule has 0 bridgehead atoms. The molecule has 1 amide bonds. The van der Waals surface area contributed by atoms with Crippen LogP contribution in [0.3, 0.4) is 0 Å². The Kier molecular flexibility index (Phi) is 4.67. The van der Waals surface area contributed by atoms with Crippen molar-refractivity contribution in [2.45, 2.75) is 19.9 Å². The van der Waals surface area contributed by atoms with Crippen LogP contribution in [0, 0.1) is 6.92 Å². The van der Waals surface area contributed by atoms with E-state index in [0.29, 0.717) is 22.2 Å². The van der Waals surface area contributed by atoms with Crippen molar-refractivity contribution in [3.63, 3.8) is 0 Å². The van der Waals surface area contributed by atoms with Crippen LogP contribution in [0.1, 0.15) is 34.6 Å². The average Bonchev–Trinajstić information content (AvgIpc) is 3.18. The number of fused-ring (bicyclic) bond motifs is 1. The lowest BCUT2D eigenvalue weighted by Crippen LogP contribution is -2.25. The van der Waals surface area contributed by atoms with E-state index in [4.69, 9.17) is 4.52 Å². The number of nitrogens with zero attached hydrogens (tertiary/aromatic N) is 4. The molecule has 29 heavy (non-hydrogen) atoms. The highest BCUT2D eigenvalue weighted by Gasteiger charge is 2.15. The van der Waals surface area contributed by atoms with Crippen molar-refractivity contribution in [3.8, 4) is 11.3 Å². The minimum Gasteiger partial charge on any atom is -0.364 e. The van der Waals surface area contributed by atoms with Crippen molar-refractivity contribution in [1.82, 2.24) is 25.0 Å². The number of hydrogen-bond acceptors (Lipinski definition) is 6. The number of carbonyl (C=O) groups is 1. The van der Waals surface area contributed by atoms with E-state index >= 15 is 0 Å². The second-order valence-electron chi connectivity index (χ2n) is 6.74. The summed E-state index contributed by atoms with van der Waals surface area (Å²) in [7, 11) is 1.58. The van der Waals surface area contributed by atoms with Gasteiger partial charge in [-0.25, -0.2) is 4.98 Å². The Morgan fingerprint density at radius 3 is 2.79 bits per heavy atom. The summed E-state index contributed by atoms with van der Waals surface area (Å²) in [5.41, 5.74) is 3.84. The molecule has 0 aliphatic carbocycles. The molecule has 146 valence electrons. The molecular weight excluding hydrogens is 370 g/mol. The van der Waals surface area contributed by atoms with Crippen molar-refractivity contribution in [1.29, 1.82) is 0 Å². The lowest BCUT2D eigenvalue weighted by Gasteiger charge is -2.16. The Bertz CT molecular complexity index is 1270. The number of aromatic nitrogens is 4. The highest BCUT2D eigenvalue weighted by atomic mass is 16.5. The van der Waals surface area contributed by atoms with Crippen LogP contribution in [0.25, 0.3) is 22.2 Å². The van der Waals surface area contributed by atoms with E-state index in [9.17, 15) is 9.59 Å². The van der Waals surface area contributed by atoms with Crippen LogP contribution in [0.15, 0.2) is 58.4 Å². The zero-order chi connectivity index (χ0) is 20.5. The molecule has 3 heterocycles. The molecular formula is C21H19N5O3. The molecule has 1 aromatic carbocycles. The molecule has 0 radical (unpaired) electrons. The van der Waals surface area contributed by atoms with Crippen molar-refractivity contribution >= 4 is 16.8 Å². The molecule has 8 nitrogen and oxygen atoms in total. The van der Waals surface area contributed by atoms with E-state index in [-0.39, 0.29) is 17.5 Å². The number of aryl methyl sites for hydroxylation is 1. The zero-order valence-corrected chi connectivity index (χ0v) is 16.2. The summed E-state index contributed by atoms with van der Waals surface area (Å²) >= 11 is 0. The predicted octanol–water partition coefficient (Wildman–Crippen LogP) is 2.72. The van der Waals surface area contributed by atoms with Gasteiger partial charge in [0.1, 0.15) is 6.26 Å². The quantitative estimate of drug-likeness (QED) is 0.576. The van der Waals surface area contributed by atoms with Gasteiger partial charge in [0.2, 0.25) is 0 Å². The molecule has 0 saturated carbocycles. The van der Waals surface area contributed by atoms with E-state index in [1.165, 1.54) is 23.4 Å². The van der Waals surface area contributed by atoms with Gasteiger partial charge in [0.15, 0.2) is 0 Å². The van der Waals surface area contributed by atoms with E-state index < -0.39 is 0 Å². The molecule has 0 aliphatic heterocycles. The van der Waals surface area contributed by atoms with Gasteiger partial charge < -0.3 is 9.84 Å². The summed E-state index contributed by atoms with van der Waals surface area (Å²) in [6.07, 6.45) is 4.56. The van der Waals surface area contributed by atoms with Gasteiger partial charge in [-0.3, -0.25) is 19.1 Å². The molecule has 4 aromatic rings. The molecule has 8 heteroatoms. The first kappa shape index (κ1) is 18.5. The Morgan fingerprint density at radius 1 is 1.24 bits per heavy atom. The summed E-state index contributed by atoms with van der Waals surface area (Å²) in [5, 5.41) is 6.88. The topological polar surface area (TPSA) is 103 Å². The Labute approximate surface area is 166 Å². The van der Waals surface area contributed by atoms with E-state index in [2.05, 4.69) is 20.4 Å². The minimum atomic E-state index is -0.302. The van der Waals surface area contributed by atoms with Gasteiger partial charge in [-0.1, -0.05) is 17.3 Å². The summed E-state index contributed by atoms with van der Waals surface area (Å²) < 4.78 is 6.50. The normalized spacial score (nSPS) is 12.1. The van der Waals surface area contributed by atoms with Gasteiger partial charge in [0.25, 0.3) is 11.5 Å². The number of hydrogen-bond donors (Lipinski definition) is 1. The van der Waals surface area contributed by atoms with Crippen LogP contribution in [0.5, 0.6) is 0 Å². The van der Waals surface area contributed by atoms with Crippen LogP contribution in [-0.4, -0.2) is 32.6 Å². The number of rotatable bonds is 4. The van der Waals surface area contributed by atoms with Crippen LogP contribution >= 0.6 is 0 Å². The molecule has 1 N–H and O–H groups in total. The smallest absolute Gasteiger partial charge is 0.263 e. The molecule has 3 aromatic heterocycles. The van der Waals surface area contributed by atoms with Crippen LogP contribution in [0.2, 0.25) is 0 Å². The van der Waals surface area contributed by atoms with Crippen molar-refractivity contribution in [2.24, 2.45) is 0 Å². The van der Waals surface area contributed by atoms with Crippen LogP contribution in [-0.2, 0) is 0 Å². The third-order valence-electron chi connectivity index (χ3n) is 4.97. The number of nitrogens with one attached hydrogen (secondary N) is 1. The lowest BCUT2D eigenvalue weighted by molar-refractivity contribution is 0.0963. The second-order valence-corrected chi connectivity index (χ2v) is 6.74. The van der Waals surface area contributed by atoms with E-state index in [0.717, 1.165) is 16.8 Å². The van der Waals surface area contributed by atoms with Crippen LogP contribution < -0.4 is 10.9 Å².